The van der Waals surface area contributed by atoms with E-state index in [4.69, 9.17) is 18.9 Å². The van der Waals surface area contributed by atoms with Crippen molar-refractivity contribution in [2.24, 2.45) is 0 Å². The van der Waals surface area contributed by atoms with Gasteiger partial charge in [0.05, 0.1) is 28.4 Å². The summed E-state index contributed by atoms with van der Waals surface area (Å²) < 4.78 is 23.4. The Morgan fingerprint density at radius 1 is 0.471 bits per heavy atom. The van der Waals surface area contributed by atoms with Crippen LogP contribution in [0.1, 0.15) is 0 Å². The summed E-state index contributed by atoms with van der Waals surface area (Å²) in [7, 11) is 6.53. The van der Waals surface area contributed by atoms with Crippen LogP contribution < -0.4 is 18.9 Å². The van der Waals surface area contributed by atoms with Crippen molar-refractivity contribution < 1.29 is 18.9 Å². The third kappa shape index (κ3) is 3.30. The van der Waals surface area contributed by atoms with Gasteiger partial charge in [-0.05, 0) is 33.5 Å². The number of hydrogen-bond acceptors (Lipinski definition) is 4. The van der Waals surface area contributed by atoms with Crippen LogP contribution in [0.25, 0.3) is 43.8 Å². The van der Waals surface area contributed by atoms with E-state index in [1.54, 1.807) is 28.4 Å². The predicted molar refractivity (Wildman–Crippen MR) is 139 cm³/mol. The van der Waals surface area contributed by atoms with Crippen molar-refractivity contribution >= 4 is 21.5 Å². The van der Waals surface area contributed by atoms with Gasteiger partial charge in [0.2, 0.25) is 11.5 Å². The molecule has 170 valence electrons. The largest absolute Gasteiger partial charge is 0.492 e. The molecule has 4 heteroatoms. The number of ether oxygens (including phenoxy) is 4. The quantitative estimate of drug-likeness (QED) is 0.253. The predicted octanol–water partition coefficient (Wildman–Crippen LogP) is 7.36. The van der Waals surface area contributed by atoms with Gasteiger partial charge in [0.1, 0.15) is 0 Å². The highest BCUT2D eigenvalue weighted by atomic mass is 16.5. The molecule has 5 rings (SSSR count). The maximum absolute atomic E-state index is 5.99. The average Bonchev–Trinajstić information content (AvgIpc) is 2.90. The Balaban J connectivity index is 2.10. The smallest absolute Gasteiger partial charge is 0.207 e. The molecular formula is C30H26O4. The third-order valence-electron chi connectivity index (χ3n) is 6.22. The highest BCUT2D eigenvalue weighted by molar-refractivity contribution is 6.21. The highest BCUT2D eigenvalue weighted by Crippen LogP contribution is 2.55. The van der Waals surface area contributed by atoms with E-state index in [2.05, 4.69) is 72.8 Å². The summed E-state index contributed by atoms with van der Waals surface area (Å²) in [5, 5.41) is 4.05. The molecule has 0 aliphatic heterocycles. The third-order valence-corrected chi connectivity index (χ3v) is 6.22. The van der Waals surface area contributed by atoms with E-state index >= 15 is 0 Å². The zero-order valence-corrected chi connectivity index (χ0v) is 19.7. The van der Waals surface area contributed by atoms with Crippen molar-refractivity contribution in [2.45, 2.75) is 0 Å². The zero-order chi connectivity index (χ0) is 23.7. The van der Waals surface area contributed by atoms with E-state index in [1.165, 1.54) is 0 Å². The molecule has 34 heavy (non-hydrogen) atoms. The lowest BCUT2D eigenvalue weighted by molar-refractivity contribution is 0.309. The second-order valence-corrected chi connectivity index (χ2v) is 7.94. The standard InChI is InChI=1S/C30H26O4/c1-31-27-23-18-21-16-11-17-22(19-12-7-5-8-13-19)24(21)25(20-14-9-6-10-15-20)26(23)28(32-2)30(34-4)29(27)33-3/h5-18H,1-4H3. The molecule has 0 bridgehead atoms. The maximum atomic E-state index is 5.99. The molecule has 0 radical (unpaired) electrons. The number of hydrogen-bond donors (Lipinski definition) is 0. The fourth-order valence-electron chi connectivity index (χ4n) is 4.83. The summed E-state index contributed by atoms with van der Waals surface area (Å²) in [6.45, 7) is 0. The van der Waals surface area contributed by atoms with Gasteiger partial charge in [-0.25, -0.2) is 0 Å². The monoisotopic (exact) mass is 450 g/mol. The molecule has 5 aromatic rings. The molecule has 0 amide bonds. The molecule has 0 aliphatic carbocycles. The van der Waals surface area contributed by atoms with E-state index in [0.29, 0.717) is 23.0 Å². The second kappa shape index (κ2) is 8.99. The first-order valence-electron chi connectivity index (χ1n) is 11.1. The van der Waals surface area contributed by atoms with Gasteiger partial charge >= 0.3 is 0 Å². The lowest BCUT2D eigenvalue weighted by Gasteiger charge is -2.23. The number of fused-ring (bicyclic) bond motifs is 2. The molecule has 0 atom stereocenters. The number of methoxy groups -OCH3 is 4. The molecule has 0 saturated carbocycles. The fourth-order valence-corrected chi connectivity index (χ4v) is 4.83. The van der Waals surface area contributed by atoms with Gasteiger partial charge in [-0.15, -0.1) is 0 Å². The Labute approximate surface area is 199 Å². The molecule has 0 aromatic heterocycles. The number of benzene rings is 5. The van der Waals surface area contributed by atoms with Crippen molar-refractivity contribution in [3.8, 4) is 45.3 Å². The molecule has 5 aromatic carbocycles. The minimum Gasteiger partial charge on any atom is -0.492 e. The SMILES string of the molecule is COc1c(OC)c(OC)c2c(-c3ccccc3)c3c(-c4ccccc4)cccc3cc2c1OC. The van der Waals surface area contributed by atoms with Gasteiger partial charge in [-0.1, -0.05) is 78.9 Å². The Morgan fingerprint density at radius 3 is 1.62 bits per heavy atom. The van der Waals surface area contributed by atoms with Crippen molar-refractivity contribution in [1.29, 1.82) is 0 Å². The van der Waals surface area contributed by atoms with Crippen molar-refractivity contribution in [2.75, 3.05) is 28.4 Å². The van der Waals surface area contributed by atoms with Gasteiger partial charge < -0.3 is 18.9 Å². The lowest BCUT2D eigenvalue weighted by Crippen LogP contribution is -2.01. The van der Waals surface area contributed by atoms with Crippen LogP contribution in [-0.2, 0) is 0 Å². The van der Waals surface area contributed by atoms with Gasteiger partial charge in [0.25, 0.3) is 0 Å². The summed E-state index contributed by atoms with van der Waals surface area (Å²) in [4.78, 5) is 0. The molecule has 0 fully saturated rings. The molecule has 0 unspecified atom stereocenters. The highest BCUT2D eigenvalue weighted by Gasteiger charge is 2.27. The Hall–Kier alpha value is -4.18. The second-order valence-electron chi connectivity index (χ2n) is 7.94. The van der Waals surface area contributed by atoms with Gasteiger partial charge in [-0.2, -0.15) is 0 Å². The summed E-state index contributed by atoms with van der Waals surface area (Å²) in [6.07, 6.45) is 0. The van der Waals surface area contributed by atoms with Crippen LogP contribution in [0.2, 0.25) is 0 Å². The van der Waals surface area contributed by atoms with Crippen LogP contribution in [0.5, 0.6) is 23.0 Å². The molecule has 0 N–H and O–H groups in total. The molecule has 0 aliphatic rings. The Morgan fingerprint density at radius 2 is 1.03 bits per heavy atom. The molecule has 0 spiro atoms. The van der Waals surface area contributed by atoms with Gasteiger partial charge in [0.15, 0.2) is 11.5 Å². The van der Waals surface area contributed by atoms with E-state index in [0.717, 1.165) is 43.8 Å². The molecular weight excluding hydrogens is 424 g/mol. The van der Waals surface area contributed by atoms with Crippen LogP contribution in [0.3, 0.4) is 0 Å². The fraction of sp³-hybridized carbons (Fsp3) is 0.133. The van der Waals surface area contributed by atoms with Crippen molar-refractivity contribution in [3.05, 3.63) is 84.9 Å². The first-order valence-corrected chi connectivity index (χ1v) is 11.1. The van der Waals surface area contributed by atoms with Gasteiger partial charge in [0, 0.05) is 16.3 Å². The first-order chi connectivity index (χ1) is 16.7. The summed E-state index contributed by atoms with van der Waals surface area (Å²) in [6, 6.07) is 29.4. The summed E-state index contributed by atoms with van der Waals surface area (Å²) in [5.74, 6) is 2.23. The number of rotatable bonds is 6. The Bertz CT molecular complexity index is 1480. The maximum Gasteiger partial charge on any atom is 0.207 e. The van der Waals surface area contributed by atoms with Crippen LogP contribution in [0.4, 0.5) is 0 Å². The molecule has 4 nitrogen and oxygen atoms in total. The molecule has 0 heterocycles. The van der Waals surface area contributed by atoms with Crippen LogP contribution >= 0.6 is 0 Å². The average molecular weight is 451 g/mol. The van der Waals surface area contributed by atoms with E-state index in [-0.39, 0.29) is 0 Å². The summed E-state index contributed by atoms with van der Waals surface area (Å²) in [5.41, 5.74) is 4.43. The van der Waals surface area contributed by atoms with Crippen molar-refractivity contribution in [3.63, 3.8) is 0 Å². The van der Waals surface area contributed by atoms with E-state index in [1.807, 2.05) is 12.1 Å². The van der Waals surface area contributed by atoms with E-state index in [9.17, 15) is 0 Å². The zero-order valence-electron chi connectivity index (χ0n) is 19.7. The minimum atomic E-state index is 0.503. The van der Waals surface area contributed by atoms with Crippen LogP contribution in [-0.4, -0.2) is 28.4 Å². The van der Waals surface area contributed by atoms with E-state index < -0.39 is 0 Å². The topological polar surface area (TPSA) is 36.9 Å². The lowest BCUT2D eigenvalue weighted by atomic mass is 9.86. The summed E-state index contributed by atoms with van der Waals surface area (Å²) >= 11 is 0. The Kier molecular flexibility index (Phi) is 5.72. The minimum absolute atomic E-state index is 0.503. The first kappa shape index (κ1) is 21.7. The van der Waals surface area contributed by atoms with Gasteiger partial charge in [-0.3, -0.25) is 0 Å². The van der Waals surface area contributed by atoms with Crippen LogP contribution in [0, 0.1) is 0 Å². The van der Waals surface area contributed by atoms with Crippen molar-refractivity contribution in [1.82, 2.24) is 0 Å². The van der Waals surface area contributed by atoms with Crippen LogP contribution in [0.15, 0.2) is 84.9 Å². The normalized spacial score (nSPS) is 10.9. The molecule has 0 saturated heterocycles.